The highest BCUT2D eigenvalue weighted by Crippen LogP contribution is 2.40. The molecule has 1 fully saturated rings. The predicted molar refractivity (Wildman–Crippen MR) is 144 cm³/mol. The summed E-state index contributed by atoms with van der Waals surface area (Å²) >= 11 is 0. The number of carbonyl (C=O) groups is 2. The van der Waals surface area contributed by atoms with Gasteiger partial charge in [0.15, 0.2) is 0 Å². The number of anilines is 2. The molecule has 222 valence electrons. The largest absolute Gasteiger partial charge is 0.495 e. The van der Waals surface area contributed by atoms with Crippen molar-refractivity contribution in [2.45, 2.75) is 31.4 Å². The van der Waals surface area contributed by atoms with Gasteiger partial charge < -0.3 is 29.9 Å². The molecule has 2 atom stereocenters. The molecule has 0 spiro atoms. The van der Waals surface area contributed by atoms with Crippen molar-refractivity contribution in [3.8, 4) is 17.4 Å². The van der Waals surface area contributed by atoms with Crippen LogP contribution in [0.1, 0.15) is 38.3 Å². The molecule has 2 amide bonds. The van der Waals surface area contributed by atoms with Gasteiger partial charge in [0.1, 0.15) is 23.2 Å². The van der Waals surface area contributed by atoms with Gasteiger partial charge in [-0.05, 0) is 43.3 Å². The Hall–Kier alpha value is -4.46. The molecular weight excluding hydrogens is 560 g/mol. The second kappa shape index (κ2) is 11.4. The molecule has 1 aromatic heterocycles. The monoisotopic (exact) mass is 588 g/mol. The summed E-state index contributed by atoms with van der Waals surface area (Å²) in [7, 11) is 4.74. The molecule has 0 bridgehead atoms. The third-order valence-electron chi connectivity index (χ3n) is 7.12. The van der Waals surface area contributed by atoms with Gasteiger partial charge in [-0.2, -0.15) is 18.2 Å². The maximum Gasteiger partial charge on any atom is 0.423 e. The first kappa shape index (κ1) is 29.0. The molecule has 0 radical (unpaired) electrons. The number of ether oxygens (including phenoxy) is 2. The van der Waals surface area contributed by atoms with Crippen LogP contribution >= 0.6 is 0 Å². The van der Waals surface area contributed by atoms with Crippen LogP contribution in [0.3, 0.4) is 0 Å². The molecule has 2 unspecified atom stereocenters. The zero-order valence-electron chi connectivity index (χ0n) is 23.0. The molecule has 0 saturated carbocycles. The Morgan fingerprint density at radius 3 is 2.64 bits per heavy atom. The van der Waals surface area contributed by atoms with Crippen molar-refractivity contribution in [3.05, 3.63) is 64.8 Å². The number of hydrogen-bond acceptors (Lipinski definition) is 8. The Balaban J connectivity index is 1.39. The number of fused-ring (bicyclic) bond motifs is 1. The number of methoxy groups -OCH3 is 1. The van der Waals surface area contributed by atoms with Crippen LogP contribution in [0, 0.1) is 0 Å². The summed E-state index contributed by atoms with van der Waals surface area (Å²) in [6.07, 6.45) is -5.01. The fraction of sp³-hybridized carbons (Fsp3) is 0.357. The quantitative estimate of drug-likeness (QED) is 0.391. The summed E-state index contributed by atoms with van der Waals surface area (Å²) < 4.78 is 66.9. The lowest BCUT2D eigenvalue weighted by Crippen LogP contribution is -2.51. The van der Waals surface area contributed by atoms with E-state index in [0.717, 1.165) is 0 Å². The molecule has 42 heavy (non-hydrogen) atoms. The van der Waals surface area contributed by atoms with Gasteiger partial charge in [0, 0.05) is 38.4 Å². The standard InChI is InChI=1S/C28H28F4N6O4/c1-37-10-9-19(18(29)14-37)34-24(39)15-7-8-20(22(11-15)41-3)35-27-33-12-17(28(30,31)32)25(36-27)42-21-6-4-5-16-13-38(2)26(40)23(16)21/h4-8,11-12,18-19H,9-10,13-14H2,1-3H3,(H,34,39)(H,33,35,36). The van der Waals surface area contributed by atoms with E-state index >= 15 is 0 Å². The maximum absolute atomic E-state index is 14.4. The van der Waals surface area contributed by atoms with E-state index in [4.69, 9.17) is 9.47 Å². The Kier molecular flexibility index (Phi) is 7.91. The van der Waals surface area contributed by atoms with Gasteiger partial charge in [-0.3, -0.25) is 9.59 Å². The molecule has 2 aromatic carbocycles. The van der Waals surface area contributed by atoms with E-state index < -0.39 is 35.7 Å². The van der Waals surface area contributed by atoms with Crippen molar-refractivity contribution in [2.75, 3.05) is 39.6 Å². The number of aromatic nitrogens is 2. The summed E-state index contributed by atoms with van der Waals surface area (Å²) in [6.45, 7) is 1.17. The van der Waals surface area contributed by atoms with Crippen LogP contribution in [0.15, 0.2) is 42.6 Å². The number of nitrogens with one attached hydrogen (secondary N) is 2. The third kappa shape index (κ3) is 5.93. The third-order valence-corrected chi connectivity index (χ3v) is 7.12. The number of nitrogens with zero attached hydrogens (tertiary/aromatic N) is 4. The first-order valence-electron chi connectivity index (χ1n) is 13.0. The van der Waals surface area contributed by atoms with Crippen molar-refractivity contribution >= 4 is 23.5 Å². The van der Waals surface area contributed by atoms with Crippen LogP contribution in [0.4, 0.5) is 29.2 Å². The van der Waals surface area contributed by atoms with Crippen molar-refractivity contribution in [3.63, 3.8) is 0 Å². The zero-order valence-corrected chi connectivity index (χ0v) is 23.0. The minimum absolute atomic E-state index is 0.0647. The van der Waals surface area contributed by atoms with Gasteiger partial charge in [-0.25, -0.2) is 9.37 Å². The summed E-state index contributed by atoms with van der Waals surface area (Å²) in [6, 6.07) is 8.39. The minimum atomic E-state index is -4.84. The van der Waals surface area contributed by atoms with Gasteiger partial charge in [-0.1, -0.05) is 12.1 Å². The van der Waals surface area contributed by atoms with Crippen LogP contribution < -0.4 is 20.1 Å². The van der Waals surface area contributed by atoms with Gasteiger partial charge >= 0.3 is 6.18 Å². The van der Waals surface area contributed by atoms with Crippen LogP contribution in [0.5, 0.6) is 17.4 Å². The molecule has 2 N–H and O–H groups in total. The number of benzene rings is 2. The molecule has 3 heterocycles. The lowest BCUT2D eigenvalue weighted by atomic mass is 10.0. The average Bonchev–Trinajstić information content (AvgIpc) is 3.23. The molecule has 2 aliphatic rings. The number of amides is 2. The fourth-order valence-electron chi connectivity index (χ4n) is 4.88. The van der Waals surface area contributed by atoms with Crippen LogP contribution in [-0.2, 0) is 12.7 Å². The Morgan fingerprint density at radius 1 is 1.14 bits per heavy atom. The van der Waals surface area contributed by atoms with E-state index in [1.165, 1.54) is 36.3 Å². The van der Waals surface area contributed by atoms with Crippen molar-refractivity contribution < 1.29 is 36.6 Å². The number of alkyl halides is 4. The smallest absolute Gasteiger partial charge is 0.423 e. The lowest BCUT2D eigenvalue weighted by molar-refractivity contribution is -0.139. The van der Waals surface area contributed by atoms with E-state index in [2.05, 4.69) is 20.6 Å². The molecule has 5 rings (SSSR count). The molecular formula is C28H28F4N6O4. The number of carbonyl (C=O) groups excluding carboxylic acids is 2. The van der Waals surface area contributed by atoms with E-state index in [-0.39, 0.29) is 46.7 Å². The first-order chi connectivity index (χ1) is 19.9. The SMILES string of the molecule is COc1cc(C(=O)NC2CCN(C)CC2F)ccc1Nc1ncc(C(F)(F)F)c(Oc2cccc3c2C(=O)N(C)C3)n1. The molecule has 3 aromatic rings. The van der Waals surface area contributed by atoms with Crippen molar-refractivity contribution in [2.24, 2.45) is 0 Å². The Morgan fingerprint density at radius 2 is 1.93 bits per heavy atom. The van der Waals surface area contributed by atoms with E-state index in [1.54, 1.807) is 19.2 Å². The number of likely N-dealkylation sites (tertiary alicyclic amines) is 1. The van der Waals surface area contributed by atoms with Crippen molar-refractivity contribution in [1.29, 1.82) is 0 Å². The van der Waals surface area contributed by atoms with E-state index in [1.807, 2.05) is 11.9 Å². The van der Waals surface area contributed by atoms with Crippen molar-refractivity contribution in [1.82, 2.24) is 25.1 Å². The molecule has 1 saturated heterocycles. The predicted octanol–water partition coefficient (Wildman–Crippen LogP) is 4.40. The summed E-state index contributed by atoms with van der Waals surface area (Å²) in [4.78, 5) is 36.4. The number of rotatable bonds is 7. The molecule has 0 aliphatic carbocycles. The zero-order chi connectivity index (χ0) is 30.2. The summed E-state index contributed by atoms with van der Waals surface area (Å²) in [5.41, 5.74) is 0.000541. The van der Waals surface area contributed by atoms with Gasteiger partial charge in [0.25, 0.3) is 11.8 Å². The molecule has 2 aliphatic heterocycles. The highest BCUT2D eigenvalue weighted by Gasteiger charge is 2.38. The maximum atomic E-state index is 14.4. The van der Waals surface area contributed by atoms with Crippen LogP contribution in [0.25, 0.3) is 0 Å². The number of halogens is 4. The normalized spacial score (nSPS) is 18.9. The minimum Gasteiger partial charge on any atom is -0.495 e. The summed E-state index contributed by atoms with van der Waals surface area (Å²) in [5, 5.41) is 5.50. The summed E-state index contributed by atoms with van der Waals surface area (Å²) in [5.74, 6) is -1.82. The molecule has 14 heteroatoms. The second-order valence-electron chi connectivity index (χ2n) is 10.2. The van der Waals surface area contributed by atoms with Crippen LogP contribution in [0.2, 0.25) is 0 Å². The lowest BCUT2D eigenvalue weighted by Gasteiger charge is -2.32. The van der Waals surface area contributed by atoms with Gasteiger partial charge in [-0.15, -0.1) is 0 Å². The average molecular weight is 589 g/mol. The Bertz CT molecular complexity index is 1520. The first-order valence-corrected chi connectivity index (χ1v) is 13.0. The highest BCUT2D eigenvalue weighted by atomic mass is 19.4. The van der Waals surface area contributed by atoms with Gasteiger partial charge in [0.05, 0.1) is 24.4 Å². The molecule has 10 nitrogen and oxygen atoms in total. The van der Waals surface area contributed by atoms with Crippen LogP contribution in [-0.4, -0.2) is 78.1 Å². The second-order valence-corrected chi connectivity index (χ2v) is 10.2. The van der Waals surface area contributed by atoms with Gasteiger partial charge in [0.2, 0.25) is 11.8 Å². The topological polar surface area (TPSA) is 109 Å². The van der Waals surface area contributed by atoms with E-state index in [0.29, 0.717) is 31.3 Å². The number of piperidine rings is 1. The fourth-order valence-corrected chi connectivity index (χ4v) is 4.88. The number of hydrogen-bond donors (Lipinski definition) is 2. The Labute approximate surface area is 238 Å². The highest BCUT2D eigenvalue weighted by molar-refractivity contribution is 6.01. The van der Waals surface area contributed by atoms with E-state index in [9.17, 15) is 27.2 Å².